The van der Waals surface area contributed by atoms with Crippen LogP contribution in [-0.4, -0.2) is 17.7 Å². The smallest absolute Gasteiger partial charge is 0.251 e. The quantitative estimate of drug-likeness (QED) is 0.663. The van der Waals surface area contributed by atoms with Gasteiger partial charge in [0, 0.05) is 12.1 Å². The maximum absolute atomic E-state index is 12.9. The van der Waals surface area contributed by atoms with Crippen molar-refractivity contribution in [2.75, 3.05) is 4.90 Å². The molecule has 1 aliphatic heterocycles. The van der Waals surface area contributed by atoms with E-state index in [0.717, 1.165) is 12.0 Å². The van der Waals surface area contributed by atoms with E-state index in [1.165, 1.54) is 4.90 Å². The van der Waals surface area contributed by atoms with Gasteiger partial charge in [-0.25, -0.2) is 0 Å². The largest absolute Gasteiger partial charge is 0.348 e. The molecule has 3 amide bonds. The maximum Gasteiger partial charge on any atom is 0.251 e. The molecule has 1 heterocycles. The fourth-order valence-electron chi connectivity index (χ4n) is 4.80. The van der Waals surface area contributed by atoms with E-state index >= 15 is 0 Å². The normalized spacial score (nSPS) is 27.4. The molecule has 4 atom stereocenters. The van der Waals surface area contributed by atoms with Crippen LogP contribution < -0.4 is 10.2 Å². The van der Waals surface area contributed by atoms with Crippen molar-refractivity contribution in [3.8, 4) is 0 Å². The molecule has 0 unspecified atom stereocenters. The van der Waals surface area contributed by atoms with Crippen molar-refractivity contribution in [3.63, 3.8) is 0 Å². The topological polar surface area (TPSA) is 66.5 Å². The molecule has 0 radical (unpaired) electrons. The summed E-state index contributed by atoms with van der Waals surface area (Å²) >= 11 is 0. The van der Waals surface area contributed by atoms with Crippen molar-refractivity contribution in [2.24, 2.45) is 23.7 Å². The van der Waals surface area contributed by atoms with E-state index in [2.05, 4.69) is 17.5 Å². The number of carbonyl (C=O) groups excluding carboxylic acids is 3. The third-order valence-corrected chi connectivity index (χ3v) is 6.15. The molecular formula is C23H20N2O3. The van der Waals surface area contributed by atoms with Crippen molar-refractivity contribution in [1.29, 1.82) is 0 Å². The molecule has 140 valence electrons. The molecule has 5 rings (SSSR count). The predicted octanol–water partition coefficient (Wildman–Crippen LogP) is 2.93. The van der Waals surface area contributed by atoms with E-state index in [4.69, 9.17) is 0 Å². The maximum atomic E-state index is 12.9. The Hall–Kier alpha value is -3.21. The number of amides is 3. The van der Waals surface area contributed by atoms with Crippen molar-refractivity contribution in [3.05, 3.63) is 77.9 Å². The molecule has 28 heavy (non-hydrogen) atoms. The molecule has 2 fully saturated rings. The van der Waals surface area contributed by atoms with Crippen molar-refractivity contribution < 1.29 is 14.4 Å². The summed E-state index contributed by atoms with van der Waals surface area (Å²) in [6, 6.07) is 16.4. The van der Waals surface area contributed by atoms with Crippen LogP contribution in [-0.2, 0) is 16.1 Å². The molecule has 0 aromatic heterocycles. The number of nitrogens with one attached hydrogen (secondary N) is 1. The zero-order valence-corrected chi connectivity index (χ0v) is 15.2. The molecule has 2 aliphatic carbocycles. The molecule has 5 nitrogen and oxygen atoms in total. The van der Waals surface area contributed by atoms with E-state index in [-0.39, 0.29) is 41.4 Å². The molecule has 2 aromatic carbocycles. The number of imide groups is 1. The average molecular weight is 372 g/mol. The summed E-state index contributed by atoms with van der Waals surface area (Å²) in [6.45, 7) is 0.448. The van der Waals surface area contributed by atoms with Gasteiger partial charge in [0.15, 0.2) is 0 Å². The minimum Gasteiger partial charge on any atom is -0.348 e. The van der Waals surface area contributed by atoms with Gasteiger partial charge in [-0.05, 0) is 48.1 Å². The Morgan fingerprint density at radius 2 is 1.50 bits per heavy atom. The summed E-state index contributed by atoms with van der Waals surface area (Å²) < 4.78 is 0. The third-order valence-electron chi connectivity index (χ3n) is 6.15. The molecule has 1 N–H and O–H groups in total. The summed E-state index contributed by atoms with van der Waals surface area (Å²) in [7, 11) is 0. The van der Waals surface area contributed by atoms with Crippen LogP contribution in [0.2, 0.25) is 0 Å². The number of hydrogen-bond acceptors (Lipinski definition) is 3. The van der Waals surface area contributed by atoms with Crippen LogP contribution in [0.5, 0.6) is 0 Å². The number of nitrogens with zero attached hydrogens (tertiary/aromatic N) is 1. The number of benzene rings is 2. The van der Waals surface area contributed by atoms with Gasteiger partial charge in [0.1, 0.15) is 0 Å². The lowest BCUT2D eigenvalue weighted by molar-refractivity contribution is -0.123. The van der Waals surface area contributed by atoms with Crippen LogP contribution in [0.3, 0.4) is 0 Å². The van der Waals surface area contributed by atoms with Gasteiger partial charge in [-0.15, -0.1) is 0 Å². The van der Waals surface area contributed by atoms with E-state index < -0.39 is 0 Å². The van der Waals surface area contributed by atoms with Gasteiger partial charge in [0.25, 0.3) is 5.91 Å². The summed E-state index contributed by atoms with van der Waals surface area (Å²) in [5, 5.41) is 2.88. The fourth-order valence-corrected chi connectivity index (χ4v) is 4.80. The van der Waals surface area contributed by atoms with Crippen LogP contribution in [0.15, 0.2) is 66.7 Å². The van der Waals surface area contributed by atoms with Gasteiger partial charge in [-0.1, -0.05) is 42.5 Å². The molecule has 5 heteroatoms. The van der Waals surface area contributed by atoms with Crippen molar-refractivity contribution in [2.45, 2.75) is 13.0 Å². The van der Waals surface area contributed by atoms with E-state index in [9.17, 15) is 14.4 Å². The highest BCUT2D eigenvalue weighted by atomic mass is 16.2. The number of rotatable bonds is 4. The highest BCUT2D eigenvalue weighted by molar-refractivity contribution is 6.22. The van der Waals surface area contributed by atoms with Gasteiger partial charge < -0.3 is 5.32 Å². The Kier molecular flexibility index (Phi) is 3.90. The zero-order chi connectivity index (χ0) is 19.3. The van der Waals surface area contributed by atoms with Crippen LogP contribution in [0.25, 0.3) is 0 Å². The average Bonchev–Trinajstić information content (AvgIpc) is 3.41. The first-order chi connectivity index (χ1) is 13.6. The Morgan fingerprint density at radius 1 is 0.893 bits per heavy atom. The first-order valence-electron chi connectivity index (χ1n) is 9.62. The van der Waals surface area contributed by atoms with Crippen molar-refractivity contribution >= 4 is 23.4 Å². The SMILES string of the molecule is O=C(NCc1ccccc1)c1ccc(N2C(=O)[C@@H]3[C@H](C2=O)[C@H]2C=C[C@H]3C2)cc1. The van der Waals surface area contributed by atoms with E-state index in [1.54, 1.807) is 24.3 Å². The second-order valence-electron chi connectivity index (χ2n) is 7.73. The molecule has 2 aromatic rings. The van der Waals surface area contributed by atoms with Crippen LogP contribution in [0, 0.1) is 23.7 Å². The lowest BCUT2D eigenvalue weighted by Gasteiger charge is -2.17. The number of hydrogen-bond donors (Lipinski definition) is 1. The monoisotopic (exact) mass is 372 g/mol. The molecular weight excluding hydrogens is 352 g/mol. The Balaban J connectivity index is 1.30. The third kappa shape index (κ3) is 2.58. The van der Waals surface area contributed by atoms with E-state index in [0.29, 0.717) is 17.8 Å². The number of fused-ring (bicyclic) bond motifs is 5. The first-order valence-corrected chi connectivity index (χ1v) is 9.62. The fraction of sp³-hybridized carbons (Fsp3) is 0.261. The van der Waals surface area contributed by atoms with Gasteiger partial charge in [0.2, 0.25) is 11.8 Å². The Labute approximate surface area is 163 Å². The Bertz CT molecular complexity index is 951. The molecule has 3 aliphatic rings. The highest BCUT2D eigenvalue weighted by Crippen LogP contribution is 2.53. The van der Waals surface area contributed by atoms with Gasteiger partial charge in [-0.3, -0.25) is 19.3 Å². The lowest BCUT2D eigenvalue weighted by atomic mass is 9.85. The molecule has 1 saturated heterocycles. The predicted molar refractivity (Wildman–Crippen MR) is 104 cm³/mol. The number of allylic oxidation sites excluding steroid dienone is 2. The Morgan fingerprint density at radius 3 is 2.11 bits per heavy atom. The highest BCUT2D eigenvalue weighted by Gasteiger charge is 2.59. The summed E-state index contributed by atoms with van der Waals surface area (Å²) in [5.74, 6) is -0.429. The minimum absolute atomic E-state index is 0.104. The van der Waals surface area contributed by atoms with Gasteiger partial charge >= 0.3 is 0 Å². The second kappa shape index (κ2) is 6.44. The van der Waals surface area contributed by atoms with Crippen LogP contribution >= 0.6 is 0 Å². The molecule has 0 spiro atoms. The summed E-state index contributed by atoms with van der Waals surface area (Å²) in [4.78, 5) is 39.4. The van der Waals surface area contributed by atoms with Gasteiger partial charge in [0.05, 0.1) is 17.5 Å². The van der Waals surface area contributed by atoms with Crippen LogP contribution in [0.1, 0.15) is 22.3 Å². The summed E-state index contributed by atoms with van der Waals surface area (Å²) in [5.41, 5.74) is 2.07. The lowest BCUT2D eigenvalue weighted by Crippen LogP contribution is -2.32. The van der Waals surface area contributed by atoms with Crippen LogP contribution in [0.4, 0.5) is 5.69 Å². The second-order valence-corrected chi connectivity index (χ2v) is 7.73. The number of carbonyl (C=O) groups is 3. The molecule has 2 bridgehead atoms. The summed E-state index contributed by atoms with van der Waals surface area (Å²) in [6.07, 6.45) is 5.09. The van der Waals surface area contributed by atoms with E-state index in [1.807, 2.05) is 30.3 Å². The molecule has 1 saturated carbocycles. The minimum atomic E-state index is -0.212. The number of anilines is 1. The first kappa shape index (κ1) is 16.9. The van der Waals surface area contributed by atoms with Gasteiger partial charge in [-0.2, -0.15) is 0 Å². The zero-order valence-electron chi connectivity index (χ0n) is 15.2. The van der Waals surface area contributed by atoms with Crippen molar-refractivity contribution in [1.82, 2.24) is 5.32 Å². The standard InChI is InChI=1S/C23H20N2O3/c26-21(24-13-14-4-2-1-3-5-14)15-8-10-18(11-9-15)25-22(27)19-16-6-7-17(12-16)20(19)23(25)28/h1-11,16-17,19-20H,12-13H2,(H,24,26)/t16-,17-,19-,20+/m0/s1.